The second-order valence-electron chi connectivity index (χ2n) is 6.77. The molecular weight excluding hydrogens is 348 g/mol. The summed E-state index contributed by atoms with van der Waals surface area (Å²) in [7, 11) is 0. The number of aryl methyl sites for hydroxylation is 2. The fraction of sp³-hybridized carbons (Fsp3) is 0.238. The molecule has 1 aliphatic heterocycles. The smallest absolute Gasteiger partial charge is 0.278 e. The molecule has 0 saturated heterocycles. The van der Waals surface area contributed by atoms with E-state index in [4.69, 9.17) is 11.6 Å². The predicted molar refractivity (Wildman–Crippen MR) is 105 cm³/mol. The first-order chi connectivity index (χ1) is 12.3. The monoisotopic (exact) mass is 368 g/mol. The lowest BCUT2D eigenvalue weighted by Crippen LogP contribution is -2.38. The van der Waals surface area contributed by atoms with E-state index in [9.17, 15) is 9.59 Å². The van der Waals surface area contributed by atoms with Crippen molar-refractivity contribution >= 4 is 34.7 Å². The molecule has 134 valence electrons. The van der Waals surface area contributed by atoms with E-state index < -0.39 is 0 Å². The van der Waals surface area contributed by atoms with Crippen LogP contribution in [0.15, 0.2) is 48.2 Å². The quantitative estimate of drug-likeness (QED) is 0.805. The van der Waals surface area contributed by atoms with Crippen molar-refractivity contribution < 1.29 is 9.59 Å². The minimum atomic E-state index is -0.319. The van der Waals surface area contributed by atoms with Crippen LogP contribution in [0.4, 0.5) is 5.69 Å². The Hall–Kier alpha value is -2.59. The maximum Gasteiger partial charge on any atom is 0.278 e. The van der Waals surface area contributed by atoms with Gasteiger partial charge in [-0.25, -0.2) is 0 Å². The van der Waals surface area contributed by atoms with Crippen molar-refractivity contribution in [3.8, 4) is 0 Å². The highest BCUT2D eigenvalue weighted by atomic mass is 35.5. The first-order valence-electron chi connectivity index (χ1n) is 8.52. The minimum Gasteiger partial charge on any atom is -0.350 e. The van der Waals surface area contributed by atoms with Gasteiger partial charge in [0.25, 0.3) is 11.8 Å². The Labute approximate surface area is 158 Å². The summed E-state index contributed by atoms with van der Waals surface area (Å²) >= 11 is 6.10. The van der Waals surface area contributed by atoms with Gasteiger partial charge in [0.2, 0.25) is 0 Å². The number of hydrogen-bond acceptors (Lipinski definition) is 3. The number of amides is 2. The van der Waals surface area contributed by atoms with Crippen molar-refractivity contribution in [2.45, 2.75) is 33.7 Å². The maximum absolute atomic E-state index is 13.0. The lowest BCUT2D eigenvalue weighted by molar-refractivity contribution is -0.138. The first-order valence-corrected chi connectivity index (χ1v) is 8.89. The number of rotatable bonds is 4. The van der Waals surface area contributed by atoms with Crippen LogP contribution in [0.1, 0.15) is 30.5 Å². The van der Waals surface area contributed by atoms with Gasteiger partial charge in [-0.05, 0) is 51.0 Å². The van der Waals surface area contributed by atoms with E-state index in [2.05, 4.69) is 5.32 Å². The summed E-state index contributed by atoms with van der Waals surface area (Å²) in [5.74, 6) is -0.601. The van der Waals surface area contributed by atoms with Crippen LogP contribution >= 0.6 is 11.6 Å². The standard InChI is InChI=1S/C21H21ClN2O2/c1-12(2)24-20(25)18(15-8-5-13(3)6-9-15)19(21(24)26)23-17-11-16(22)10-7-14(17)4/h5-12,23H,1-4H3. The molecule has 1 N–H and O–H groups in total. The van der Waals surface area contributed by atoms with Crippen molar-refractivity contribution in [1.82, 2.24) is 4.90 Å². The lowest BCUT2D eigenvalue weighted by Gasteiger charge is -2.19. The topological polar surface area (TPSA) is 49.4 Å². The van der Waals surface area contributed by atoms with Gasteiger partial charge in [-0.1, -0.05) is 47.5 Å². The van der Waals surface area contributed by atoms with Gasteiger partial charge in [0, 0.05) is 16.8 Å². The Morgan fingerprint density at radius 3 is 2.23 bits per heavy atom. The van der Waals surface area contributed by atoms with Gasteiger partial charge in [0.05, 0.1) is 5.57 Å². The fourth-order valence-corrected chi connectivity index (χ4v) is 3.16. The largest absolute Gasteiger partial charge is 0.350 e. The normalized spacial score (nSPS) is 14.6. The highest BCUT2D eigenvalue weighted by molar-refractivity contribution is 6.36. The average molecular weight is 369 g/mol. The Morgan fingerprint density at radius 2 is 1.62 bits per heavy atom. The molecule has 4 nitrogen and oxygen atoms in total. The predicted octanol–water partition coefficient (Wildman–Crippen LogP) is 4.56. The van der Waals surface area contributed by atoms with Crippen LogP contribution in [0.2, 0.25) is 5.02 Å². The summed E-state index contributed by atoms with van der Waals surface area (Å²) in [5, 5.41) is 3.72. The average Bonchev–Trinajstić information content (AvgIpc) is 2.82. The Balaban J connectivity index is 2.13. The number of hydrogen-bond donors (Lipinski definition) is 1. The molecular formula is C21H21ClN2O2. The van der Waals surface area contributed by atoms with Crippen molar-refractivity contribution in [3.05, 3.63) is 69.9 Å². The van der Waals surface area contributed by atoms with Gasteiger partial charge in [0.1, 0.15) is 5.70 Å². The number of benzene rings is 2. The van der Waals surface area contributed by atoms with Crippen molar-refractivity contribution in [2.24, 2.45) is 0 Å². The minimum absolute atomic E-state index is 0.227. The molecule has 1 heterocycles. The van der Waals surface area contributed by atoms with Crippen molar-refractivity contribution in [2.75, 3.05) is 5.32 Å². The molecule has 0 bridgehead atoms. The van der Waals surface area contributed by atoms with Gasteiger partial charge in [-0.15, -0.1) is 0 Å². The van der Waals surface area contributed by atoms with E-state index >= 15 is 0 Å². The Kier molecular flexibility index (Phi) is 4.88. The molecule has 2 amide bonds. The molecule has 1 aliphatic rings. The van der Waals surface area contributed by atoms with E-state index in [1.54, 1.807) is 12.1 Å². The van der Waals surface area contributed by atoms with Gasteiger partial charge in [-0.3, -0.25) is 14.5 Å². The maximum atomic E-state index is 13.0. The van der Waals surface area contributed by atoms with Crippen molar-refractivity contribution in [3.63, 3.8) is 0 Å². The van der Waals surface area contributed by atoms with Crippen LogP contribution in [-0.4, -0.2) is 22.8 Å². The zero-order valence-electron chi connectivity index (χ0n) is 15.3. The molecule has 0 aliphatic carbocycles. The third kappa shape index (κ3) is 3.25. The molecule has 2 aromatic rings. The summed E-state index contributed by atoms with van der Waals surface area (Å²) in [6.07, 6.45) is 0. The number of halogens is 1. The molecule has 0 unspecified atom stereocenters. The van der Waals surface area contributed by atoms with Gasteiger partial charge in [0.15, 0.2) is 0 Å². The number of carbonyl (C=O) groups excluding carboxylic acids is 2. The van der Waals surface area contributed by atoms with Crippen LogP contribution in [0.5, 0.6) is 0 Å². The SMILES string of the molecule is Cc1ccc(C2=C(Nc3cc(Cl)ccc3C)C(=O)N(C(C)C)C2=O)cc1. The third-order valence-electron chi connectivity index (χ3n) is 4.43. The molecule has 5 heteroatoms. The molecule has 0 radical (unpaired) electrons. The van der Waals surface area contributed by atoms with E-state index in [1.807, 2.05) is 58.0 Å². The van der Waals surface area contributed by atoms with Gasteiger partial charge in [-0.2, -0.15) is 0 Å². The Bertz CT molecular complexity index is 914. The molecule has 0 spiro atoms. The lowest BCUT2D eigenvalue weighted by atomic mass is 10.0. The van der Waals surface area contributed by atoms with E-state index in [0.29, 0.717) is 16.3 Å². The second-order valence-corrected chi connectivity index (χ2v) is 7.21. The zero-order valence-corrected chi connectivity index (χ0v) is 16.0. The van der Waals surface area contributed by atoms with Crippen LogP contribution in [0, 0.1) is 13.8 Å². The number of anilines is 1. The van der Waals surface area contributed by atoms with E-state index in [0.717, 1.165) is 16.7 Å². The van der Waals surface area contributed by atoms with Crippen LogP contribution < -0.4 is 5.32 Å². The van der Waals surface area contributed by atoms with Crippen molar-refractivity contribution in [1.29, 1.82) is 0 Å². The van der Waals surface area contributed by atoms with E-state index in [-0.39, 0.29) is 23.6 Å². The number of carbonyl (C=O) groups is 2. The number of imide groups is 1. The van der Waals surface area contributed by atoms with Crippen LogP contribution in [0.3, 0.4) is 0 Å². The first kappa shape index (κ1) is 18.2. The highest BCUT2D eigenvalue weighted by Gasteiger charge is 2.40. The van der Waals surface area contributed by atoms with Crippen LogP contribution in [-0.2, 0) is 9.59 Å². The van der Waals surface area contributed by atoms with E-state index in [1.165, 1.54) is 4.90 Å². The number of nitrogens with zero attached hydrogens (tertiary/aromatic N) is 1. The molecule has 0 aromatic heterocycles. The molecule has 0 fully saturated rings. The molecule has 3 rings (SSSR count). The Morgan fingerprint density at radius 1 is 0.962 bits per heavy atom. The summed E-state index contributed by atoms with van der Waals surface area (Å²) in [5.41, 5.74) is 4.14. The summed E-state index contributed by atoms with van der Waals surface area (Å²) in [6, 6.07) is 12.8. The fourth-order valence-electron chi connectivity index (χ4n) is 2.98. The third-order valence-corrected chi connectivity index (χ3v) is 4.67. The van der Waals surface area contributed by atoms with Gasteiger partial charge >= 0.3 is 0 Å². The second kappa shape index (κ2) is 6.96. The zero-order chi connectivity index (χ0) is 19.0. The molecule has 0 saturated carbocycles. The van der Waals surface area contributed by atoms with Gasteiger partial charge < -0.3 is 5.32 Å². The summed E-state index contributed by atoms with van der Waals surface area (Å²) < 4.78 is 0. The molecule has 2 aromatic carbocycles. The number of nitrogens with one attached hydrogen (secondary N) is 1. The summed E-state index contributed by atoms with van der Waals surface area (Å²) in [4.78, 5) is 27.2. The highest BCUT2D eigenvalue weighted by Crippen LogP contribution is 2.33. The van der Waals surface area contributed by atoms with Crippen LogP contribution in [0.25, 0.3) is 5.57 Å². The summed E-state index contributed by atoms with van der Waals surface area (Å²) in [6.45, 7) is 7.56. The molecule has 0 atom stereocenters. The molecule has 26 heavy (non-hydrogen) atoms.